The summed E-state index contributed by atoms with van der Waals surface area (Å²) >= 11 is 0. The van der Waals surface area contributed by atoms with Crippen LogP contribution in [0.3, 0.4) is 0 Å². The van der Waals surface area contributed by atoms with Gasteiger partial charge in [0.1, 0.15) is 5.75 Å². The number of methoxy groups -OCH3 is 1. The fourth-order valence-electron chi connectivity index (χ4n) is 2.45. The summed E-state index contributed by atoms with van der Waals surface area (Å²) in [5.41, 5.74) is 5.39. The molecule has 1 N–H and O–H groups in total. The molecule has 0 fully saturated rings. The van der Waals surface area contributed by atoms with Gasteiger partial charge in [-0.15, -0.1) is 0 Å². The maximum absolute atomic E-state index is 11.9. The Kier molecular flexibility index (Phi) is 8.34. The van der Waals surface area contributed by atoms with Gasteiger partial charge in [-0.25, -0.2) is 5.43 Å². The molecule has 1 amide bonds. The van der Waals surface area contributed by atoms with Gasteiger partial charge in [-0.3, -0.25) is 4.79 Å². The zero-order valence-electron chi connectivity index (χ0n) is 17.0. The first-order chi connectivity index (χ1) is 13.5. The molecular formula is C22H28N2O4. The molecule has 6 nitrogen and oxygen atoms in total. The molecule has 0 radical (unpaired) electrons. The van der Waals surface area contributed by atoms with Crippen LogP contribution in [0.5, 0.6) is 17.2 Å². The third-order valence-electron chi connectivity index (χ3n) is 4.26. The van der Waals surface area contributed by atoms with Crippen LogP contribution in [0.15, 0.2) is 41.5 Å². The highest BCUT2D eigenvalue weighted by Crippen LogP contribution is 2.27. The van der Waals surface area contributed by atoms with E-state index in [2.05, 4.69) is 17.5 Å². The second kappa shape index (κ2) is 11.0. The predicted molar refractivity (Wildman–Crippen MR) is 111 cm³/mol. The number of aryl methyl sites for hydroxylation is 1. The normalized spacial score (nSPS) is 10.7. The molecule has 2 aromatic rings. The minimum Gasteiger partial charge on any atom is -0.493 e. The van der Waals surface area contributed by atoms with Crippen LogP contribution in [0.4, 0.5) is 0 Å². The molecule has 0 unspecified atom stereocenters. The number of rotatable bonds is 10. The van der Waals surface area contributed by atoms with Gasteiger partial charge in [-0.2, -0.15) is 5.10 Å². The molecule has 0 aliphatic heterocycles. The van der Waals surface area contributed by atoms with Crippen molar-refractivity contribution in [3.8, 4) is 17.2 Å². The van der Waals surface area contributed by atoms with Gasteiger partial charge in [-0.05, 0) is 61.2 Å². The standard InChI is InChI=1S/C22H28N2O4/c1-5-6-12-27-20-11-10-18(13-21(20)26-4)14-23-24-22(25)15-28-19-9-7-8-16(2)17(19)3/h7-11,13-14H,5-6,12,15H2,1-4H3,(H,24,25)/b23-14+. The lowest BCUT2D eigenvalue weighted by atomic mass is 10.1. The van der Waals surface area contributed by atoms with Gasteiger partial charge in [0.15, 0.2) is 18.1 Å². The van der Waals surface area contributed by atoms with Crippen LogP contribution in [0, 0.1) is 13.8 Å². The zero-order chi connectivity index (χ0) is 20.4. The summed E-state index contributed by atoms with van der Waals surface area (Å²) in [7, 11) is 1.59. The molecule has 0 aliphatic rings. The van der Waals surface area contributed by atoms with E-state index in [-0.39, 0.29) is 12.5 Å². The first-order valence-corrected chi connectivity index (χ1v) is 9.37. The number of hydrogen-bond donors (Lipinski definition) is 1. The van der Waals surface area contributed by atoms with Crippen LogP contribution in [-0.2, 0) is 4.79 Å². The number of hydrazone groups is 1. The topological polar surface area (TPSA) is 69.2 Å². The van der Waals surface area contributed by atoms with Crippen molar-refractivity contribution >= 4 is 12.1 Å². The summed E-state index contributed by atoms with van der Waals surface area (Å²) in [5, 5.41) is 3.97. The summed E-state index contributed by atoms with van der Waals surface area (Å²) in [5.74, 6) is 1.69. The van der Waals surface area contributed by atoms with E-state index in [0.29, 0.717) is 23.9 Å². The van der Waals surface area contributed by atoms with Gasteiger partial charge in [0.2, 0.25) is 0 Å². The Bertz CT molecular complexity index is 818. The third-order valence-corrected chi connectivity index (χ3v) is 4.26. The number of benzene rings is 2. The van der Waals surface area contributed by atoms with Crippen LogP contribution < -0.4 is 19.6 Å². The molecule has 2 aromatic carbocycles. The maximum atomic E-state index is 11.9. The van der Waals surface area contributed by atoms with E-state index in [1.54, 1.807) is 13.3 Å². The Labute approximate surface area is 166 Å². The maximum Gasteiger partial charge on any atom is 0.277 e. The number of carbonyl (C=O) groups excluding carboxylic acids is 1. The Morgan fingerprint density at radius 2 is 1.93 bits per heavy atom. The molecule has 0 bridgehead atoms. The van der Waals surface area contributed by atoms with Crippen LogP contribution in [0.1, 0.15) is 36.5 Å². The molecule has 0 aliphatic carbocycles. The molecule has 2 rings (SSSR count). The minimum atomic E-state index is -0.330. The number of carbonyl (C=O) groups is 1. The lowest BCUT2D eigenvalue weighted by Crippen LogP contribution is -2.24. The quantitative estimate of drug-likeness (QED) is 0.382. The zero-order valence-corrected chi connectivity index (χ0v) is 17.0. The van der Waals surface area contributed by atoms with Crippen molar-refractivity contribution in [1.29, 1.82) is 0 Å². The van der Waals surface area contributed by atoms with E-state index >= 15 is 0 Å². The Balaban J connectivity index is 1.87. The van der Waals surface area contributed by atoms with Gasteiger partial charge >= 0.3 is 0 Å². The number of ether oxygens (including phenoxy) is 3. The number of nitrogens with one attached hydrogen (secondary N) is 1. The molecule has 0 heterocycles. The highest BCUT2D eigenvalue weighted by molar-refractivity contribution is 5.83. The summed E-state index contributed by atoms with van der Waals surface area (Å²) in [4.78, 5) is 11.9. The number of amides is 1. The van der Waals surface area contributed by atoms with Crippen LogP contribution >= 0.6 is 0 Å². The third kappa shape index (κ3) is 6.30. The molecule has 0 saturated heterocycles. The van der Waals surface area contributed by atoms with E-state index < -0.39 is 0 Å². The van der Waals surface area contributed by atoms with Gasteiger partial charge in [0.05, 0.1) is 19.9 Å². The number of hydrogen-bond acceptors (Lipinski definition) is 5. The highest BCUT2D eigenvalue weighted by Gasteiger charge is 2.06. The average molecular weight is 384 g/mol. The highest BCUT2D eigenvalue weighted by atomic mass is 16.5. The van der Waals surface area contributed by atoms with Crippen molar-refractivity contribution in [3.05, 3.63) is 53.1 Å². The molecule has 28 heavy (non-hydrogen) atoms. The Hall–Kier alpha value is -3.02. The second-order valence-electron chi connectivity index (χ2n) is 6.39. The van der Waals surface area contributed by atoms with Crippen LogP contribution in [0.25, 0.3) is 0 Å². The van der Waals surface area contributed by atoms with E-state index in [1.807, 2.05) is 50.2 Å². The van der Waals surface area contributed by atoms with Gasteiger partial charge in [-0.1, -0.05) is 25.5 Å². The molecule has 150 valence electrons. The largest absolute Gasteiger partial charge is 0.493 e. The van der Waals surface area contributed by atoms with Crippen molar-refractivity contribution in [3.63, 3.8) is 0 Å². The molecule has 0 atom stereocenters. The average Bonchev–Trinajstić information content (AvgIpc) is 2.70. The van der Waals surface area contributed by atoms with E-state index in [4.69, 9.17) is 14.2 Å². The molecular weight excluding hydrogens is 356 g/mol. The molecule has 6 heteroatoms. The van der Waals surface area contributed by atoms with Crippen molar-refractivity contribution in [2.24, 2.45) is 5.10 Å². The van der Waals surface area contributed by atoms with E-state index in [0.717, 1.165) is 29.5 Å². The lowest BCUT2D eigenvalue weighted by molar-refractivity contribution is -0.123. The number of nitrogens with zero attached hydrogens (tertiary/aromatic N) is 1. The van der Waals surface area contributed by atoms with Crippen molar-refractivity contribution in [2.75, 3.05) is 20.3 Å². The predicted octanol–water partition coefficient (Wildman–Crippen LogP) is 4.02. The summed E-state index contributed by atoms with van der Waals surface area (Å²) < 4.78 is 16.6. The monoisotopic (exact) mass is 384 g/mol. The first-order valence-electron chi connectivity index (χ1n) is 9.37. The van der Waals surface area contributed by atoms with Gasteiger partial charge < -0.3 is 14.2 Å². The molecule has 0 spiro atoms. The van der Waals surface area contributed by atoms with Crippen molar-refractivity contribution in [2.45, 2.75) is 33.6 Å². The molecule has 0 saturated carbocycles. The second-order valence-corrected chi connectivity index (χ2v) is 6.39. The van der Waals surface area contributed by atoms with Crippen molar-refractivity contribution in [1.82, 2.24) is 5.43 Å². The van der Waals surface area contributed by atoms with E-state index in [1.165, 1.54) is 0 Å². The first kappa shape index (κ1) is 21.3. The summed E-state index contributed by atoms with van der Waals surface area (Å²) in [6, 6.07) is 11.2. The number of unbranched alkanes of at least 4 members (excludes halogenated alkanes) is 1. The van der Waals surface area contributed by atoms with Gasteiger partial charge in [0.25, 0.3) is 5.91 Å². The minimum absolute atomic E-state index is 0.102. The molecule has 0 aromatic heterocycles. The van der Waals surface area contributed by atoms with E-state index in [9.17, 15) is 4.79 Å². The van der Waals surface area contributed by atoms with Gasteiger partial charge in [0, 0.05) is 0 Å². The Morgan fingerprint density at radius 1 is 1.11 bits per heavy atom. The lowest BCUT2D eigenvalue weighted by Gasteiger charge is -2.11. The fraction of sp³-hybridized carbons (Fsp3) is 0.364. The van der Waals surface area contributed by atoms with Crippen LogP contribution in [-0.4, -0.2) is 32.4 Å². The Morgan fingerprint density at radius 3 is 2.68 bits per heavy atom. The van der Waals surface area contributed by atoms with Crippen molar-refractivity contribution < 1.29 is 19.0 Å². The SMILES string of the molecule is CCCCOc1ccc(/C=N/NC(=O)COc2cccc(C)c2C)cc1OC. The fourth-order valence-corrected chi connectivity index (χ4v) is 2.45. The van der Waals surface area contributed by atoms with Crippen LogP contribution in [0.2, 0.25) is 0 Å². The summed E-state index contributed by atoms with van der Waals surface area (Å²) in [6.45, 7) is 6.62. The smallest absolute Gasteiger partial charge is 0.277 e. The summed E-state index contributed by atoms with van der Waals surface area (Å²) in [6.07, 6.45) is 3.61.